The standard InChI is InChI=1S/C7H2N2O2/c8-2-5-1-6(4-10)11-7(5)3-9/h1,4H. The van der Waals surface area contributed by atoms with E-state index in [2.05, 4.69) is 4.42 Å². The van der Waals surface area contributed by atoms with Crippen LogP contribution in [0.4, 0.5) is 0 Å². The van der Waals surface area contributed by atoms with E-state index in [1.807, 2.05) is 0 Å². The van der Waals surface area contributed by atoms with Crippen LogP contribution in [-0.4, -0.2) is 6.29 Å². The van der Waals surface area contributed by atoms with Crippen LogP contribution in [0.2, 0.25) is 0 Å². The van der Waals surface area contributed by atoms with Gasteiger partial charge >= 0.3 is 0 Å². The first kappa shape index (κ1) is 7.04. The summed E-state index contributed by atoms with van der Waals surface area (Å²) in [6.45, 7) is 0. The summed E-state index contributed by atoms with van der Waals surface area (Å²) in [5, 5.41) is 16.7. The van der Waals surface area contributed by atoms with E-state index in [-0.39, 0.29) is 17.1 Å². The van der Waals surface area contributed by atoms with Crippen LogP contribution in [0.5, 0.6) is 0 Å². The zero-order chi connectivity index (χ0) is 8.27. The minimum Gasteiger partial charge on any atom is -0.441 e. The molecule has 1 aromatic rings. The number of rotatable bonds is 1. The lowest BCUT2D eigenvalue weighted by Gasteiger charge is -1.75. The third-order valence-electron chi connectivity index (χ3n) is 1.09. The second kappa shape index (κ2) is 2.68. The molecule has 0 aromatic carbocycles. The summed E-state index contributed by atoms with van der Waals surface area (Å²) in [4.78, 5) is 10.1. The maximum Gasteiger partial charge on any atom is 0.222 e. The number of carbonyl (C=O) groups is 1. The molecule has 0 aliphatic carbocycles. The predicted octanol–water partition coefficient (Wildman–Crippen LogP) is 0.835. The van der Waals surface area contributed by atoms with Gasteiger partial charge in [-0.2, -0.15) is 10.5 Å². The van der Waals surface area contributed by atoms with E-state index < -0.39 is 0 Å². The van der Waals surface area contributed by atoms with E-state index in [4.69, 9.17) is 10.5 Å². The van der Waals surface area contributed by atoms with Crippen LogP contribution in [-0.2, 0) is 0 Å². The molecule has 0 radical (unpaired) electrons. The number of carbonyl (C=O) groups excluding carboxylic acids is 1. The number of hydrogen-bond donors (Lipinski definition) is 0. The molecular formula is C7H2N2O2. The zero-order valence-corrected chi connectivity index (χ0v) is 5.37. The highest BCUT2D eigenvalue weighted by Gasteiger charge is 2.08. The average molecular weight is 146 g/mol. The van der Waals surface area contributed by atoms with Gasteiger partial charge in [0.05, 0.1) is 0 Å². The van der Waals surface area contributed by atoms with Crippen LogP contribution in [0.15, 0.2) is 10.5 Å². The minimum atomic E-state index is -0.116. The Kier molecular flexibility index (Phi) is 1.71. The van der Waals surface area contributed by atoms with E-state index in [1.54, 1.807) is 12.1 Å². The highest BCUT2D eigenvalue weighted by molar-refractivity contribution is 5.72. The number of aldehydes is 1. The van der Waals surface area contributed by atoms with E-state index in [9.17, 15) is 4.79 Å². The Morgan fingerprint density at radius 3 is 2.55 bits per heavy atom. The SMILES string of the molecule is N#Cc1cc(C=O)oc1C#N. The molecule has 0 bridgehead atoms. The Labute approximate surface area is 62.3 Å². The van der Waals surface area contributed by atoms with Crippen LogP contribution in [0.1, 0.15) is 21.9 Å². The minimum absolute atomic E-state index is 0.00176. The Bertz CT molecular complexity index is 333. The van der Waals surface area contributed by atoms with Gasteiger partial charge in [-0.3, -0.25) is 4.79 Å². The van der Waals surface area contributed by atoms with Crippen LogP contribution in [0, 0.1) is 22.7 Å². The van der Waals surface area contributed by atoms with Gasteiger partial charge in [0.25, 0.3) is 0 Å². The van der Waals surface area contributed by atoms with Crippen molar-refractivity contribution in [3.05, 3.63) is 23.2 Å². The van der Waals surface area contributed by atoms with Crippen molar-refractivity contribution in [1.82, 2.24) is 0 Å². The van der Waals surface area contributed by atoms with Crippen molar-refractivity contribution >= 4 is 6.29 Å². The lowest BCUT2D eigenvalue weighted by atomic mass is 10.3. The van der Waals surface area contributed by atoms with Gasteiger partial charge in [-0.05, 0) is 0 Å². The average Bonchev–Trinajstić information content (AvgIpc) is 2.46. The van der Waals surface area contributed by atoms with Crippen LogP contribution >= 0.6 is 0 Å². The molecule has 1 rings (SSSR count). The lowest BCUT2D eigenvalue weighted by Crippen LogP contribution is -1.70. The zero-order valence-electron chi connectivity index (χ0n) is 5.37. The topological polar surface area (TPSA) is 77.8 Å². The Morgan fingerprint density at radius 2 is 2.18 bits per heavy atom. The number of hydrogen-bond acceptors (Lipinski definition) is 4. The summed E-state index contributed by atoms with van der Waals surface area (Å²) in [6.07, 6.45) is 0.446. The van der Waals surface area contributed by atoms with Crippen molar-refractivity contribution in [3.8, 4) is 12.1 Å². The van der Waals surface area contributed by atoms with Gasteiger partial charge in [0, 0.05) is 6.07 Å². The summed E-state index contributed by atoms with van der Waals surface area (Å²) in [6, 6.07) is 4.61. The third-order valence-corrected chi connectivity index (χ3v) is 1.09. The van der Waals surface area contributed by atoms with Gasteiger partial charge in [0.2, 0.25) is 5.76 Å². The van der Waals surface area contributed by atoms with Crippen LogP contribution in [0.25, 0.3) is 0 Å². The third kappa shape index (κ3) is 1.10. The first-order valence-corrected chi connectivity index (χ1v) is 2.71. The second-order valence-corrected chi connectivity index (χ2v) is 1.73. The highest BCUT2D eigenvalue weighted by Crippen LogP contribution is 2.11. The summed E-state index contributed by atoms with van der Waals surface area (Å²) in [5.74, 6) is -0.118. The highest BCUT2D eigenvalue weighted by atomic mass is 16.3. The molecule has 4 nitrogen and oxygen atoms in total. The predicted molar refractivity (Wildman–Crippen MR) is 33.5 cm³/mol. The summed E-state index contributed by atoms with van der Waals surface area (Å²) < 4.78 is 4.65. The molecule has 0 aliphatic heterocycles. The van der Waals surface area contributed by atoms with Crippen LogP contribution in [0.3, 0.4) is 0 Å². The van der Waals surface area contributed by atoms with E-state index >= 15 is 0 Å². The van der Waals surface area contributed by atoms with Gasteiger partial charge in [0.1, 0.15) is 17.7 Å². The first-order chi connectivity index (χ1) is 5.31. The molecular weight excluding hydrogens is 144 g/mol. The molecule has 0 saturated heterocycles. The molecule has 0 aliphatic rings. The second-order valence-electron chi connectivity index (χ2n) is 1.73. The molecule has 0 spiro atoms. The first-order valence-electron chi connectivity index (χ1n) is 2.71. The molecule has 0 saturated carbocycles. The Balaban J connectivity index is 3.28. The van der Waals surface area contributed by atoms with Crippen molar-refractivity contribution in [2.24, 2.45) is 0 Å². The van der Waals surface area contributed by atoms with Gasteiger partial charge in [0.15, 0.2) is 12.0 Å². The van der Waals surface area contributed by atoms with Gasteiger partial charge < -0.3 is 4.42 Å². The molecule has 4 heteroatoms. The summed E-state index contributed by atoms with van der Waals surface area (Å²) in [5.41, 5.74) is 0.0922. The van der Waals surface area contributed by atoms with E-state index in [0.717, 1.165) is 0 Å². The van der Waals surface area contributed by atoms with E-state index in [0.29, 0.717) is 6.29 Å². The quantitative estimate of drug-likeness (QED) is 0.550. The molecule has 0 N–H and O–H groups in total. The Hall–Kier alpha value is -2.07. The van der Waals surface area contributed by atoms with Crippen LogP contribution < -0.4 is 0 Å². The fourth-order valence-electron chi connectivity index (χ4n) is 0.634. The fraction of sp³-hybridized carbons (Fsp3) is 0. The Morgan fingerprint density at radius 1 is 1.45 bits per heavy atom. The summed E-state index contributed by atoms with van der Waals surface area (Å²) >= 11 is 0. The van der Waals surface area contributed by atoms with E-state index in [1.165, 1.54) is 6.07 Å². The largest absolute Gasteiger partial charge is 0.441 e. The number of nitrogens with zero attached hydrogens (tertiary/aromatic N) is 2. The smallest absolute Gasteiger partial charge is 0.222 e. The monoisotopic (exact) mass is 146 g/mol. The maximum absolute atomic E-state index is 10.1. The molecule has 1 heterocycles. The maximum atomic E-state index is 10.1. The van der Waals surface area contributed by atoms with Gasteiger partial charge in [-0.1, -0.05) is 0 Å². The van der Waals surface area contributed by atoms with Crippen molar-refractivity contribution in [1.29, 1.82) is 10.5 Å². The molecule has 0 unspecified atom stereocenters. The lowest BCUT2D eigenvalue weighted by molar-refractivity contribution is 0.110. The number of nitriles is 2. The van der Waals surface area contributed by atoms with Crippen molar-refractivity contribution in [2.75, 3.05) is 0 Å². The molecule has 0 amide bonds. The van der Waals surface area contributed by atoms with Crippen molar-refractivity contribution in [2.45, 2.75) is 0 Å². The molecule has 0 fully saturated rings. The normalized spacial score (nSPS) is 8.18. The van der Waals surface area contributed by atoms with Gasteiger partial charge in [-0.15, -0.1) is 0 Å². The molecule has 11 heavy (non-hydrogen) atoms. The molecule has 52 valence electrons. The van der Waals surface area contributed by atoms with Crippen molar-refractivity contribution in [3.63, 3.8) is 0 Å². The number of furan rings is 1. The summed E-state index contributed by atoms with van der Waals surface area (Å²) in [7, 11) is 0. The molecule has 1 aromatic heterocycles. The molecule has 0 atom stereocenters. The fourth-order valence-corrected chi connectivity index (χ4v) is 0.634. The van der Waals surface area contributed by atoms with Gasteiger partial charge in [-0.25, -0.2) is 0 Å². The van der Waals surface area contributed by atoms with Crippen molar-refractivity contribution < 1.29 is 9.21 Å².